The van der Waals surface area contributed by atoms with Crippen molar-refractivity contribution in [3.05, 3.63) is 16.0 Å². The van der Waals surface area contributed by atoms with Gasteiger partial charge in [0, 0.05) is 18.0 Å². The van der Waals surface area contributed by atoms with Crippen molar-refractivity contribution < 1.29 is 0 Å². The molecule has 0 spiro atoms. The highest BCUT2D eigenvalue weighted by atomic mass is 32.1. The molecule has 96 valence electrons. The van der Waals surface area contributed by atoms with Gasteiger partial charge < -0.3 is 4.90 Å². The minimum absolute atomic E-state index is 0.818. The number of nitriles is 1. The van der Waals surface area contributed by atoms with Gasteiger partial charge in [0.2, 0.25) is 0 Å². The van der Waals surface area contributed by atoms with Gasteiger partial charge in [-0.15, -0.1) is 11.3 Å². The first-order valence-corrected chi connectivity index (χ1v) is 7.44. The average Bonchev–Trinajstić information content (AvgIpc) is 2.77. The van der Waals surface area contributed by atoms with Crippen molar-refractivity contribution in [2.75, 3.05) is 13.1 Å². The van der Waals surface area contributed by atoms with Crippen LogP contribution in [0.5, 0.6) is 0 Å². The molecule has 2 rings (SSSR count). The van der Waals surface area contributed by atoms with Crippen molar-refractivity contribution in [1.82, 2.24) is 4.90 Å². The van der Waals surface area contributed by atoms with Crippen molar-refractivity contribution >= 4 is 22.7 Å². The number of fused-ring (bicyclic) bond motifs is 1. The summed E-state index contributed by atoms with van der Waals surface area (Å²) in [4.78, 5) is 8.04. The molecule has 1 aliphatic carbocycles. The van der Waals surface area contributed by atoms with E-state index < -0.39 is 0 Å². The minimum Gasteiger partial charge on any atom is -0.363 e. The Balaban J connectivity index is 2.28. The van der Waals surface area contributed by atoms with Crippen LogP contribution in [-0.2, 0) is 12.8 Å². The number of aliphatic imine (C=N–C) groups is 1. The van der Waals surface area contributed by atoms with E-state index in [0.29, 0.717) is 0 Å². The summed E-state index contributed by atoms with van der Waals surface area (Å²) in [5.41, 5.74) is 2.08. The number of nitrogens with zero attached hydrogens (tertiary/aromatic N) is 3. The summed E-state index contributed by atoms with van der Waals surface area (Å²) >= 11 is 1.70. The summed E-state index contributed by atoms with van der Waals surface area (Å²) in [6.07, 6.45) is 6.50. The van der Waals surface area contributed by atoms with E-state index in [9.17, 15) is 5.26 Å². The molecule has 1 aromatic rings. The maximum Gasteiger partial charge on any atom is 0.136 e. The Kier molecular flexibility index (Phi) is 4.38. The zero-order valence-corrected chi connectivity index (χ0v) is 11.9. The summed E-state index contributed by atoms with van der Waals surface area (Å²) in [5, 5.41) is 10.2. The highest BCUT2D eigenvalue weighted by Crippen LogP contribution is 2.39. The Hall–Kier alpha value is -1.34. The quantitative estimate of drug-likeness (QED) is 0.614. The van der Waals surface area contributed by atoms with E-state index in [1.807, 2.05) is 6.34 Å². The first kappa shape index (κ1) is 13.1. The van der Waals surface area contributed by atoms with Crippen molar-refractivity contribution in [2.24, 2.45) is 4.99 Å². The van der Waals surface area contributed by atoms with E-state index in [-0.39, 0.29) is 0 Å². The molecular formula is C14H19N3S. The lowest BCUT2D eigenvalue weighted by Gasteiger charge is -2.12. The van der Waals surface area contributed by atoms with Crippen LogP contribution in [0.3, 0.4) is 0 Å². The van der Waals surface area contributed by atoms with E-state index in [0.717, 1.165) is 36.5 Å². The maximum atomic E-state index is 9.31. The third-order valence-electron chi connectivity index (χ3n) is 3.42. The van der Waals surface area contributed by atoms with Crippen LogP contribution in [0.4, 0.5) is 5.00 Å². The SMILES string of the molecule is CCN(/C=N\c1sc2c(c1C#N)CCCC2)CC. The van der Waals surface area contributed by atoms with Crippen molar-refractivity contribution in [3.63, 3.8) is 0 Å². The van der Waals surface area contributed by atoms with E-state index in [1.54, 1.807) is 11.3 Å². The van der Waals surface area contributed by atoms with Crippen LogP contribution in [0.15, 0.2) is 4.99 Å². The fourth-order valence-corrected chi connectivity index (χ4v) is 3.46. The maximum absolute atomic E-state index is 9.31. The summed E-state index contributed by atoms with van der Waals surface area (Å²) in [6, 6.07) is 2.34. The minimum atomic E-state index is 0.818. The van der Waals surface area contributed by atoms with Crippen LogP contribution in [-0.4, -0.2) is 24.3 Å². The molecule has 0 saturated heterocycles. The third kappa shape index (κ3) is 2.56. The Bertz CT molecular complexity index is 478. The Morgan fingerprint density at radius 3 is 2.72 bits per heavy atom. The number of rotatable bonds is 4. The van der Waals surface area contributed by atoms with Crippen molar-refractivity contribution in [2.45, 2.75) is 39.5 Å². The predicted octanol–water partition coefficient (Wildman–Crippen LogP) is 3.50. The average molecular weight is 261 g/mol. The standard InChI is InChI=1S/C14H19N3S/c1-3-17(4-2)10-16-14-12(9-15)11-7-5-6-8-13(11)18-14/h10H,3-8H2,1-2H3/b16-10-. The highest BCUT2D eigenvalue weighted by molar-refractivity contribution is 7.16. The molecule has 1 aromatic heterocycles. The molecular weight excluding hydrogens is 242 g/mol. The monoisotopic (exact) mass is 261 g/mol. The molecule has 0 unspecified atom stereocenters. The van der Waals surface area contributed by atoms with Gasteiger partial charge in [0.25, 0.3) is 0 Å². The number of hydrogen-bond donors (Lipinski definition) is 0. The predicted molar refractivity (Wildman–Crippen MR) is 76.7 cm³/mol. The summed E-state index contributed by atoms with van der Waals surface area (Å²) < 4.78 is 0. The Labute approximate surface area is 113 Å². The molecule has 0 aromatic carbocycles. The van der Waals surface area contributed by atoms with Gasteiger partial charge in [-0.2, -0.15) is 5.26 Å². The molecule has 0 radical (unpaired) electrons. The van der Waals surface area contributed by atoms with E-state index in [1.165, 1.54) is 23.3 Å². The molecule has 3 nitrogen and oxygen atoms in total. The lowest BCUT2D eigenvalue weighted by molar-refractivity contribution is 0.480. The number of aryl methyl sites for hydroxylation is 1. The van der Waals surface area contributed by atoms with Crippen LogP contribution in [0.2, 0.25) is 0 Å². The van der Waals surface area contributed by atoms with Gasteiger partial charge in [-0.3, -0.25) is 0 Å². The van der Waals surface area contributed by atoms with Crippen LogP contribution in [0, 0.1) is 11.3 Å². The second-order valence-electron chi connectivity index (χ2n) is 4.47. The molecule has 0 saturated carbocycles. The van der Waals surface area contributed by atoms with E-state index >= 15 is 0 Å². The normalized spacial score (nSPS) is 14.5. The molecule has 0 atom stereocenters. The zero-order valence-electron chi connectivity index (χ0n) is 11.1. The second-order valence-corrected chi connectivity index (χ2v) is 5.55. The van der Waals surface area contributed by atoms with Gasteiger partial charge in [-0.1, -0.05) is 0 Å². The highest BCUT2D eigenvalue weighted by Gasteiger charge is 2.20. The fraction of sp³-hybridized carbons (Fsp3) is 0.571. The molecule has 18 heavy (non-hydrogen) atoms. The molecule has 0 bridgehead atoms. The Morgan fingerprint density at radius 2 is 2.06 bits per heavy atom. The largest absolute Gasteiger partial charge is 0.363 e. The van der Waals surface area contributed by atoms with Crippen LogP contribution in [0.25, 0.3) is 0 Å². The first-order valence-electron chi connectivity index (χ1n) is 6.63. The second kappa shape index (κ2) is 6.01. The van der Waals surface area contributed by atoms with Gasteiger partial charge in [0.05, 0.1) is 11.9 Å². The van der Waals surface area contributed by atoms with Crippen molar-refractivity contribution in [3.8, 4) is 6.07 Å². The lowest BCUT2D eigenvalue weighted by atomic mass is 9.96. The van der Waals surface area contributed by atoms with Crippen LogP contribution in [0.1, 0.15) is 42.7 Å². The smallest absolute Gasteiger partial charge is 0.136 e. The van der Waals surface area contributed by atoms with Gasteiger partial charge >= 0.3 is 0 Å². The van der Waals surface area contributed by atoms with Gasteiger partial charge in [0.1, 0.15) is 11.1 Å². The molecule has 1 aliphatic rings. The van der Waals surface area contributed by atoms with Gasteiger partial charge in [-0.25, -0.2) is 4.99 Å². The summed E-state index contributed by atoms with van der Waals surface area (Å²) in [7, 11) is 0. The first-order chi connectivity index (χ1) is 8.80. The third-order valence-corrected chi connectivity index (χ3v) is 4.61. The van der Waals surface area contributed by atoms with E-state index in [4.69, 9.17) is 0 Å². The number of hydrogen-bond acceptors (Lipinski definition) is 3. The fourth-order valence-electron chi connectivity index (χ4n) is 2.28. The molecule has 0 amide bonds. The number of thiophene rings is 1. The van der Waals surface area contributed by atoms with Crippen LogP contribution >= 0.6 is 11.3 Å². The topological polar surface area (TPSA) is 39.4 Å². The van der Waals surface area contributed by atoms with Crippen molar-refractivity contribution in [1.29, 1.82) is 5.26 Å². The Morgan fingerprint density at radius 1 is 1.33 bits per heavy atom. The molecule has 0 fully saturated rings. The van der Waals surface area contributed by atoms with Gasteiger partial charge in [0.15, 0.2) is 0 Å². The summed E-state index contributed by atoms with van der Waals surface area (Å²) in [5.74, 6) is 0. The van der Waals surface area contributed by atoms with E-state index in [2.05, 4.69) is 29.8 Å². The van der Waals surface area contributed by atoms with Gasteiger partial charge in [-0.05, 0) is 45.1 Å². The molecule has 1 heterocycles. The van der Waals surface area contributed by atoms with Crippen LogP contribution < -0.4 is 0 Å². The summed E-state index contributed by atoms with van der Waals surface area (Å²) in [6.45, 7) is 6.13. The molecule has 0 aliphatic heterocycles. The molecule has 0 N–H and O–H groups in total. The molecule has 4 heteroatoms. The lowest BCUT2D eigenvalue weighted by Crippen LogP contribution is -2.20. The zero-order chi connectivity index (χ0) is 13.0.